The summed E-state index contributed by atoms with van der Waals surface area (Å²) in [5.41, 5.74) is 1.12. The molecule has 5 nitrogen and oxygen atoms in total. The molecule has 0 saturated heterocycles. The molecule has 0 aromatic carbocycles. The largest absolute Gasteiger partial charge is 0.477 e. The minimum absolute atomic E-state index is 0. The Morgan fingerprint density at radius 1 is 1.30 bits per heavy atom. The second-order valence-electron chi connectivity index (χ2n) is 5.82. The molecule has 0 unspecified atom stereocenters. The van der Waals surface area contributed by atoms with E-state index in [4.69, 9.17) is 4.74 Å². The van der Waals surface area contributed by atoms with Crippen molar-refractivity contribution < 1.29 is 4.74 Å². The average Bonchev–Trinajstić information content (AvgIpc) is 3.38. The Labute approximate surface area is 156 Å². The number of unbranched alkanes of at least 4 members (excludes halogenated alkanes) is 2. The van der Waals surface area contributed by atoms with Crippen LogP contribution in [0.4, 0.5) is 0 Å². The first-order valence-corrected chi connectivity index (χ1v) is 8.34. The molecule has 1 heterocycles. The number of ether oxygens (including phenoxy) is 1. The quantitative estimate of drug-likeness (QED) is 0.272. The van der Waals surface area contributed by atoms with E-state index in [0.717, 1.165) is 36.5 Å². The van der Waals surface area contributed by atoms with Gasteiger partial charge in [0.15, 0.2) is 5.96 Å². The first kappa shape index (κ1) is 20.0. The normalized spacial score (nSPS) is 14.1. The number of nitrogens with zero attached hydrogens (tertiary/aromatic N) is 2. The topological polar surface area (TPSA) is 58.5 Å². The van der Waals surface area contributed by atoms with Crippen molar-refractivity contribution in [2.75, 3.05) is 20.2 Å². The number of aromatic nitrogens is 1. The summed E-state index contributed by atoms with van der Waals surface area (Å²) >= 11 is 0. The molecule has 1 fully saturated rings. The fraction of sp³-hybridized carbons (Fsp3) is 0.647. The predicted molar refractivity (Wildman–Crippen MR) is 106 cm³/mol. The van der Waals surface area contributed by atoms with Crippen LogP contribution in [-0.2, 0) is 6.54 Å². The Balaban J connectivity index is 0.00000264. The van der Waals surface area contributed by atoms with Crippen LogP contribution in [-0.4, -0.2) is 31.1 Å². The highest BCUT2D eigenvalue weighted by Crippen LogP contribution is 2.29. The van der Waals surface area contributed by atoms with Crippen LogP contribution in [0.15, 0.2) is 23.3 Å². The second-order valence-corrected chi connectivity index (χ2v) is 5.82. The van der Waals surface area contributed by atoms with Gasteiger partial charge in [-0.25, -0.2) is 4.98 Å². The Morgan fingerprint density at radius 3 is 2.74 bits per heavy atom. The maximum atomic E-state index is 5.64. The SMILES string of the molecule is CCCCCNC(=NC)NCc1ccc(OCC2CC2)nc1.I. The molecule has 1 aliphatic carbocycles. The van der Waals surface area contributed by atoms with Crippen LogP contribution < -0.4 is 15.4 Å². The molecule has 0 radical (unpaired) electrons. The van der Waals surface area contributed by atoms with E-state index in [1.54, 1.807) is 7.05 Å². The molecule has 1 aromatic rings. The zero-order chi connectivity index (χ0) is 15.6. The molecule has 1 aliphatic rings. The van der Waals surface area contributed by atoms with Crippen LogP contribution in [0, 0.1) is 5.92 Å². The smallest absolute Gasteiger partial charge is 0.213 e. The van der Waals surface area contributed by atoms with E-state index in [9.17, 15) is 0 Å². The number of rotatable bonds is 9. The van der Waals surface area contributed by atoms with E-state index in [-0.39, 0.29) is 24.0 Å². The monoisotopic (exact) mass is 432 g/mol. The summed E-state index contributed by atoms with van der Waals surface area (Å²) < 4.78 is 5.64. The van der Waals surface area contributed by atoms with Gasteiger partial charge in [0.1, 0.15) is 0 Å². The standard InChI is InChI=1S/C17H28N4O.HI/c1-3-4-5-10-19-17(18-2)21-12-15-8-9-16(20-11-15)22-13-14-6-7-14;/h8-9,11,14H,3-7,10,12-13H2,1-2H3,(H2,18,19,21);1H. The summed E-state index contributed by atoms with van der Waals surface area (Å²) in [6, 6.07) is 3.99. The molecule has 130 valence electrons. The van der Waals surface area contributed by atoms with Crippen molar-refractivity contribution in [2.45, 2.75) is 45.6 Å². The summed E-state index contributed by atoms with van der Waals surface area (Å²) in [5, 5.41) is 6.62. The Bertz CT molecular complexity index is 460. The molecule has 0 atom stereocenters. The van der Waals surface area contributed by atoms with Gasteiger partial charge in [-0.05, 0) is 30.7 Å². The number of pyridine rings is 1. The first-order chi connectivity index (χ1) is 10.8. The number of guanidine groups is 1. The van der Waals surface area contributed by atoms with Crippen LogP contribution in [0.5, 0.6) is 5.88 Å². The molecule has 0 amide bonds. The maximum absolute atomic E-state index is 5.64. The molecule has 0 aliphatic heterocycles. The van der Waals surface area contributed by atoms with Crippen LogP contribution in [0.2, 0.25) is 0 Å². The Hall–Kier alpha value is -1.05. The summed E-state index contributed by atoms with van der Waals surface area (Å²) in [7, 11) is 1.79. The molecule has 23 heavy (non-hydrogen) atoms. The van der Waals surface area contributed by atoms with Crippen molar-refractivity contribution in [3.05, 3.63) is 23.9 Å². The Morgan fingerprint density at radius 2 is 2.13 bits per heavy atom. The van der Waals surface area contributed by atoms with E-state index in [1.165, 1.54) is 32.1 Å². The van der Waals surface area contributed by atoms with E-state index in [2.05, 4.69) is 27.5 Å². The van der Waals surface area contributed by atoms with Gasteiger partial charge in [-0.2, -0.15) is 0 Å². The van der Waals surface area contributed by atoms with Crippen molar-refractivity contribution in [1.82, 2.24) is 15.6 Å². The second kappa shape index (κ2) is 11.5. The lowest BCUT2D eigenvalue weighted by Gasteiger charge is -2.12. The van der Waals surface area contributed by atoms with E-state index >= 15 is 0 Å². The third kappa shape index (κ3) is 8.39. The summed E-state index contributed by atoms with van der Waals surface area (Å²) in [5.74, 6) is 2.31. The van der Waals surface area contributed by atoms with Crippen LogP contribution >= 0.6 is 24.0 Å². The average molecular weight is 432 g/mol. The molecule has 1 saturated carbocycles. The highest BCUT2D eigenvalue weighted by molar-refractivity contribution is 14.0. The highest BCUT2D eigenvalue weighted by atomic mass is 127. The molecular weight excluding hydrogens is 403 g/mol. The van der Waals surface area contributed by atoms with Crippen LogP contribution in [0.1, 0.15) is 44.6 Å². The van der Waals surface area contributed by atoms with E-state index in [0.29, 0.717) is 6.54 Å². The van der Waals surface area contributed by atoms with Gasteiger partial charge in [0, 0.05) is 32.4 Å². The predicted octanol–water partition coefficient (Wildman–Crippen LogP) is 3.34. The van der Waals surface area contributed by atoms with E-state index < -0.39 is 0 Å². The first-order valence-electron chi connectivity index (χ1n) is 8.34. The van der Waals surface area contributed by atoms with Gasteiger partial charge in [0.25, 0.3) is 0 Å². The van der Waals surface area contributed by atoms with Gasteiger partial charge in [-0.3, -0.25) is 4.99 Å². The molecular formula is C17H29IN4O. The fourth-order valence-electron chi connectivity index (χ4n) is 2.08. The molecule has 0 spiro atoms. The number of hydrogen-bond donors (Lipinski definition) is 2. The molecule has 1 aromatic heterocycles. The van der Waals surface area contributed by atoms with Gasteiger partial charge in [0.2, 0.25) is 5.88 Å². The third-order valence-corrected chi connectivity index (χ3v) is 3.72. The Kier molecular flexibility index (Phi) is 9.98. The van der Waals surface area contributed by atoms with Crippen molar-refractivity contribution >= 4 is 29.9 Å². The van der Waals surface area contributed by atoms with Crippen molar-refractivity contribution in [3.63, 3.8) is 0 Å². The van der Waals surface area contributed by atoms with Gasteiger partial charge >= 0.3 is 0 Å². The number of nitrogens with one attached hydrogen (secondary N) is 2. The van der Waals surface area contributed by atoms with E-state index in [1.807, 2.05) is 18.3 Å². The van der Waals surface area contributed by atoms with Crippen LogP contribution in [0.25, 0.3) is 0 Å². The lowest BCUT2D eigenvalue weighted by atomic mass is 10.2. The van der Waals surface area contributed by atoms with Gasteiger partial charge in [-0.1, -0.05) is 25.8 Å². The number of hydrogen-bond acceptors (Lipinski definition) is 3. The van der Waals surface area contributed by atoms with Crippen molar-refractivity contribution in [3.8, 4) is 5.88 Å². The lowest BCUT2D eigenvalue weighted by Crippen LogP contribution is -2.37. The summed E-state index contributed by atoms with van der Waals surface area (Å²) in [4.78, 5) is 8.57. The lowest BCUT2D eigenvalue weighted by molar-refractivity contribution is 0.288. The van der Waals surface area contributed by atoms with Gasteiger partial charge in [0.05, 0.1) is 6.61 Å². The number of halogens is 1. The molecule has 0 bridgehead atoms. The summed E-state index contributed by atoms with van der Waals surface area (Å²) in [6.07, 6.45) is 8.11. The van der Waals surface area contributed by atoms with Gasteiger partial charge < -0.3 is 15.4 Å². The third-order valence-electron chi connectivity index (χ3n) is 3.72. The van der Waals surface area contributed by atoms with Crippen molar-refractivity contribution in [2.24, 2.45) is 10.9 Å². The highest BCUT2D eigenvalue weighted by Gasteiger charge is 2.21. The minimum atomic E-state index is 0. The fourth-order valence-corrected chi connectivity index (χ4v) is 2.08. The van der Waals surface area contributed by atoms with Crippen LogP contribution in [0.3, 0.4) is 0 Å². The maximum Gasteiger partial charge on any atom is 0.213 e. The molecule has 2 rings (SSSR count). The van der Waals surface area contributed by atoms with Gasteiger partial charge in [-0.15, -0.1) is 24.0 Å². The summed E-state index contributed by atoms with van der Waals surface area (Å²) in [6.45, 7) is 4.68. The number of aliphatic imine (C=N–C) groups is 1. The molecule has 6 heteroatoms. The minimum Gasteiger partial charge on any atom is -0.477 e. The van der Waals surface area contributed by atoms with Crippen molar-refractivity contribution in [1.29, 1.82) is 0 Å². The zero-order valence-electron chi connectivity index (χ0n) is 14.2. The molecule has 2 N–H and O–H groups in total. The zero-order valence-corrected chi connectivity index (χ0v) is 16.5.